The first-order valence-corrected chi connectivity index (χ1v) is 6.63. The van der Waals surface area contributed by atoms with Gasteiger partial charge in [0.2, 0.25) is 0 Å². The molecule has 0 aromatic heterocycles. The first-order chi connectivity index (χ1) is 9.34. The minimum atomic E-state index is -1.15. The molecule has 0 aromatic rings. The van der Waals surface area contributed by atoms with Crippen LogP contribution in [0.15, 0.2) is 0 Å². The molecular formula is C14H25NO6. The lowest BCUT2D eigenvalue weighted by Crippen LogP contribution is -2.45. The molecule has 0 radical (unpaired) electrons. The van der Waals surface area contributed by atoms with Gasteiger partial charge in [0.1, 0.15) is 17.2 Å². The lowest BCUT2D eigenvalue weighted by Gasteiger charge is -2.24. The van der Waals surface area contributed by atoms with Gasteiger partial charge in [-0.15, -0.1) is 0 Å². The summed E-state index contributed by atoms with van der Waals surface area (Å²) in [6, 6.07) is -1.15. The van der Waals surface area contributed by atoms with Crippen molar-refractivity contribution < 1.29 is 28.6 Å². The van der Waals surface area contributed by atoms with E-state index in [0.29, 0.717) is 0 Å². The van der Waals surface area contributed by atoms with Crippen LogP contribution in [0.1, 0.15) is 48.0 Å². The standard InChI is InChI=1S/C14H25NO6/c1-13(2,3)20-10(16)8-9(11(17)19-7)15-12(18)21-14(4,5)6/h9H,8H2,1-7H3,(H,15,18)/t9-/m0/s1. The molecule has 0 saturated heterocycles. The zero-order chi connectivity index (χ0) is 16.8. The SMILES string of the molecule is COC(=O)[C@H](CC(=O)OC(C)(C)C)NC(=O)OC(C)(C)C. The van der Waals surface area contributed by atoms with Crippen molar-refractivity contribution in [3.05, 3.63) is 0 Å². The zero-order valence-corrected chi connectivity index (χ0v) is 13.7. The van der Waals surface area contributed by atoms with Crippen LogP contribution in [0.3, 0.4) is 0 Å². The minimum absolute atomic E-state index is 0.330. The van der Waals surface area contributed by atoms with Crippen molar-refractivity contribution in [3.8, 4) is 0 Å². The van der Waals surface area contributed by atoms with Crippen molar-refractivity contribution in [2.75, 3.05) is 7.11 Å². The molecule has 0 saturated carbocycles. The van der Waals surface area contributed by atoms with E-state index in [9.17, 15) is 14.4 Å². The van der Waals surface area contributed by atoms with Crippen molar-refractivity contribution >= 4 is 18.0 Å². The Hall–Kier alpha value is -1.79. The summed E-state index contributed by atoms with van der Waals surface area (Å²) >= 11 is 0. The molecule has 0 heterocycles. The maximum atomic E-state index is 11.7. The molecule has 0 aliphatic rings. The highest BCUT2D eigenvalue weighted by Crippen LogP contribution is 2.11. The van der Waals surface area contributed by atoms with E-state index in [4.69, 9.17) is 9.47 Å². The Labute approximate surface area is 125 Å². The predicted molar refractivity (Wildman–Crippen MR) is 75.6 cm³/mol. The number of ether oxygens (including phenoxy) is 3. The average Bonchev–Trinajstić information content (AvgIpc) is 2.21. The van der Waals surface area contributed by atoms with Crippen LogP contribution in [0.2, 0.25) is 0 Å². The molecule has 0 aliphatic carbocycles. The Bertz CT molecular complexity index is 361. The molecule has 0 fully saturated rings. The van der Waals surface area contributed by atoms with Crippen molar-refractivity contribution in [2.45, 2.75) is 65.2 Å². The maximum absolute atomic E-state index is 11.7. The minimum Gasteiger partial charge on any atom is -0.467 e. The molecule has 0 unspecified atom stereocenters. The quantitative estimate of drug-likeness (QED) is 0.629. The van der Waals surface area contributed by atoms with Gasteiger partial charge in [0.05, 0.1) is 13.5 Å². The lowest BCUT2D eigenvalue weighted by atomic mass is 10.1. The molecular weight excluding hydrogens is 278 g/mol. The van der Waals surface area contributed by atoms with Crippen molar-refractivity contribution in [2.24, 2.45) is 0 Å². The number of nitrogens with one attached hydrogen (secondary N) is 1. The molecule has 21 heavy (non-hydrogen) atoms. The van der Waals surface area contributed by atoms with E-state index < -0.39 is 35.3 Å². The van der Waals surface area contributed by atoms with Crippen LogP contribution in [0.25, 0.3) is 0 Å². The van der Waals surface area contributed by atoms with Gasteiger partial charge >= 0.3 is 18.0 Å². The van der Waals surface area contributed by atoms with E-state index >= 15 is 0 Å². The highest BCUT2D eigenvalue weighted by molar-refractivity contribution is 5.86. The third kappa shape index (κ3) is 9.70. The molecule has 1 atom stereocenters. The number of carbonyl (C=O) groups is 3. The fraction of sp³-hybridized carbons (Fsp3) is 0.786. The molecule has 1 N–H and O–H groups in total. The second-order valence-electron chi connectivity index (χ2n) is 6.51. The number of rotatable bonds is 4. The number of alkyl carbamates (subject to hydrolysis) is 1. The lowest BCUT2D eigenvalue weighted by molar-refractivity contribution is -0.158. The van der Waals surface area contributed by atoms with Gasteiger partial charge in [-0.1, -0.05) is 0 Å². The smallest absolute Gasteiger partial charge is 0.408 e. The summed E-state index contributed by atoms with van der Waals surface area (Å²) in [5.41, 5.74) is -1.39. The van der Waals surface area contributed by atoms with E-state index in [0.717, 1.165) is 0 Å². The Balaban J connectivity index is 4.72. The fourth-order valence-electron chi connectivity index (χ4n) is 1.34. The molecule has 1 amide bonds. The van der Waals surface area contributed by atoms with Crippen LogP contribution >= 0.6 is 0 Å². The van der Waals surface area contributed by atoms with Crippen LogP contribution < -0.4 is 5.32 Å². The number of methoxy groups -OCH3 is 1. The average molecular weight is 303 g/mol. The number of hydrogen-bond acceptors (Lipinski definition) is 6. The summed E-state index contributed by atoms with van der Waals surface area (Å²) in [6.45, 7) is 10.2. The Kier molecular flexibility index (Phi) is 6.66. The van der Waals surface area contributed by atoms with Crippen LogP contribution in [0, 0.1) is 0 Å². The molecule has 0 spiro atoms. The van der Waals surface area contributed by atoms with Crippen molar-refractivity contribution in [1.82, 2.24) is 5.32 Å². The topological polar surface area (TPSA) is 90.9 Å². The third-order valence-electron chi connectivity index (χ3n) is 1.97. The number of carbonyl (C=O) groups excluding carboxylic acids is 3. The predicted octanol–water partition coefficient (Wildman–Crippen LogP) is 1.78. The van der Waals surface area contributed by atoms with Gasteiger partial charge in [-0.25, -0.2) is 9.59 Å². The monoisotopic (exact) mass is 303 g/mol. The van der Waals surface area contributed by atoms with Gasteiger partial charge in [0.25, 0.3) is 0 Å². The summed E-state index contributed by atoms with van der Waals surface area (Å²) < 4.78 is 14.7. The van der Waals surface area contributed by atoms with E-state index in [2.05, 4.69) is 10.1 Å². The van der Waals surface area contributed by atoms with Gasteiger partial charge in [-0.2, -0.15) is 0 Å². The van der Waals surface area contributed by atoms with E-state index in [-0.39, 0.29) is 6.42 Å². The van der Waals surface area contributed by atoms with Crippen LogP contribution in [-0.4, -0.2) is 42.4 Å². The second-order valence-corrected chi connectivity index (χ2v) is 6.51. The Morgan fingerprint density at radius 1 is 0.952 bits per heavy atom. The summed E-state index contributed by atoms with van der Waals surface area (Å²) in [6.07, 6.45) is -1.13. The third-order valence-corrected chi connectivity index (χ3v) is 1.97. The summed E-state index contributed by atoms with van der Waals surface area (Å²) in [7, 11) is 1.17. The van der Waals surface area contributed by atoms with Crippen LogP contribution in [0.4, 0.5) is 4.79 Å². The second kappa shape index (κ2) is 7.28. The number of amides is 1. The zero-order valence-electron chi connectivity index (χ0n) is 13.7. The van der Waals surface area contributed by atoms with Gasteiger partial charge in [0.15, 0.2) is 0 Å². The summed E-state index contributed by atoms with van der Waals surface area (Å²) in [4.78, 5) is 35.0. The molecule has 7 heteroatoms. The van der Waals surface area contributed by atoms with Gasteiger partial charge in [-0.3, -0.25) is 4.79 Å². The van der Waals surface area contributed by atoms with Crippen molar-refractivity contribution in [3.63, 3.8) is 0 Å². The molecule has 7 nitrogen and oxygen atoms in total. The Morgan fingerprint density at radius 3 is 1.81 bits per heavy atom. The normalized spacial score (nSPS) is 13.1. The molecule has 0 aliphatic heterocycles. The van der Waals surface area contributed by atoms with E-state index in [1.165, 1.54) is 7.11 Å². The van der Waals surface area contributed by atoms with E-state index in [1.807, 2.05) is 0 Å². The first kappa shape index (κ1) is 19.2. The Morgan fingerprint density at radius 2 is 1.43 bits per heavy atom. The molecule has 122 valence electrons. The van der Waals surface area contributed by atoms with Crippen molar-refractivity contribution in [1.29, 1.82) is 0 Å². The van der Waals surface area contributed by atoms with Gasteiger partial charge < -0.3 is 19.5 Å². The summed E-state index contributed by atoms with van der Waals surface area (Å²) in [5, 5.41) is 2.30. The molecule has 0 aromatic carbocycles. The number of hydrogen-bond donors (Lipinski definition) is 1. The largest absolute Gasteiger partial charge is 0.467 e. The molecule has 0 rings (SSSR count). The summed E-state index contributed by atoms with van der Waals surface area (Å²) in [5.74, 6) is -1.36. The first-order valence-electron chi connectivity index (χ1n) is 6.63. The van der Waals surface area contributed by atoms with Gasteiger partial charge in [-0.05, 0) is 41.5 Å². The fourth-order valence-corrected chi connectivity index (χ4v) is 1.34. The molecule has 0 bridgehead atoms. The van der Waals surface area contributed by atoms with Gasteiger partial charge in [0, 0.05) is 0 Å². The highest BCUT2D eigenvalue weighted by atomic mass is 16.6. The number of esters is 2. The van der Waals surface area contributed by atoms with E-state index in [1.54, 1.807) is 41.5 Å². The van der Waals surface area contributed by atoms with Crippen LogP contribution in [-0.2, 0) is 23.8 Å². The van der Waals surface area contributed by atoms with Crippen LogP contribution in [0.5, 0.6) is 0 Å². The highest BCUT2D eigenvalue weighted by Gasteiger charge is 2.29. The maximum Gasteiger partial charge on any atom is 0.408 e.